The van der Waals surface area contributed by atoms with Gasteiger partial charge in [0.25, 0.3) is 11.8 Å². The number of hydrogen-bond donors (Lipinski definition) is 1. The van der Waals surface area contributed by atoms with E-state index in [-0.39, 0.29) is 21.9 Å². The lowest BCUT2D eigenvalue weighted by Crippen LogP contribution is -2.54. The Morgan fingerprint density at radius 2 is 1.87 bits per heavy atom. The van der Waals surface area contributed by atoms with Crippen molar-refractivity contribution >= 4 is 46.6 Å². The summed E-state index contributed by atoms with van der Waals surface area (Å²) in [6.07, 6.45) is 2.53. The normalized spacial score (nSPS) is 21.9. The lowest BCUT2D eigenvalue weighted by molar-refractivity contribution is -0.122. The van der Waals surface area contributed by atoms with Crippen LogP contribution in [0.15, 0.2) is 48.0 Å². The highest BCUT2D eigenvalue weighted by Crippen LogP contribution is 2.42. The molecule has 5 nitrogen and oxygen atoms in total. The van der Waals surface area contributed by atoms with Crippen molar-refractivity contribution in [3.05, 3.63) is 65.0 Å². The number of thiocarbonyl (C=S) groups is 1. The maximum Gasteiger partial charge on any atom is 0.270 e. The summed E-state index contributed by atoms with van der Waals surface area (Å²) in [6, 6.07) is 11.7. The fourth-order valence-corrected chi connectivity index (χ4v) is 4.64. The third-order valence-corrected chi connectivity index (χ3v) is 6.45. The van der Waals surface area contributed by atoms with E-state index in [2.05, 4.69) is 38.0 Å². The first-order valence-electron chi connectivity index (χ1n) is 10.1. The highest BCUT2D eigenvalue weighted by molar-refractivity contribution is 7.80. The van der Waals surface area contributed by atoms with Crippen molar-refractivity contribution < 1.29 is 14.0 Å². The van der Waals surface area contributed by atoms with Gasteiger partial charge in [-0.2, -0.15) is 0 Å². The summed E-state index contributed by atoms with van der Waals surface area (Å²) < 4.78 is 14.3. The summed E-state index contributed by atoms with van der Waals surface area (Å²) >= 11 is 5.14. The van der Waals surface area contributed by atoms with Crippen molar-refractivity contribution in [1.82, 2.24) is 5.32 Å². The van der Waals surface area contributed by atoms with Crippen LogP contribution < -0.4 is 15.1 Å². The number of rotatable bonds is 2. The SMILES string of the molecule is C[C@H]1CC(C)(C)N(C)c2ccc(/C=C3\C(=O)NC(=S)N(c4ccccc4F)C3=O)cc21. The molecule has 1 atom stereocenters. The van der Waals surface area contributed by atoms with E-state index in [4.69, 9.17) is 12.2 Å². The van der Waals surface area contributed by atoms with Gasteiger partial charge in [0.15, 0.2) is 5.11 Å². The molecule has 7 heteroatoms. The molecule has 0 saturated carbocycles. The van der Waals surface area contributed by atoms with Gasteiger partial charge in [0.2, 0.25) is 0 Å². The second-order valence-electron chi connectivity index (χ2n) is 8.70. The monoisotopic (exact) mass is 437 g/mol. The van der Waals surface area contributed by atoms with Crippen LogP contribution in [-0.2, 0) is 9.59 Å². The minimum absolute atomic E-state index is 0.00585. The van der Waals surface area contributed by atoms with Crippen LogP contribution in [0.5, 0.6) is 0 Å². The molecule has 2 aromatic carbocycles. The van der Waals surface area contributed by atoms with Crippen LogP contribution in [0, 0.1) is 5.82 Å². The molecular formula is C24H24FN3O2S. The molecule has 2 aliphatic rings. The first-order valence-corrected chi connectivity index (χ1v) is 10.5. The number of nitrogens with one attached hydrogen (secondary N) is 1. The fraction of sp³-hybridized carbons (Fsp3) is 0.292. The number of carbonyl (C=O) groups is 2. The Morgan fingerprint density at radius 3 is 2.58 bits per heavy atom. The van der Waals surface area contributed by atoms with Crippen LogP contribution in [0.1, 0.15) is 44.2 Å². The van der Waals surface area contributed by atoms with Crippen LogP contribution in [-0.4, -0.2) is 29.5 Å². The Hall–Kier alpha value is -3.06. The molecule has 0 aromatic heterocycles. The first kappa shape index (κ1) is 21.2. The van der Waals surface area contributed by atoms with Crippen LogP contribution >= 0.6 is 12.2 Å². The van der Waals surface area contributed by atoms with Crippen molar-refractivity contribution in [2.24, 2.45) is 0 Å². The lowest BCUT2D eigenvalue weighted by Gasteiger charge is -2.45. The number of anilines is 2. The minimum atomic E-state index is -0.650. The molecule has 2 aromatic rings. The Morgan fingerprint density at radius 1 is 1.16 bits per heavy atom. The molecule has 2 heterocycles. The molecule has 160 valence electrons. The number of carbonyl (C=O) groups excluding carboxylic acids is 2. The topological polar surface area (TPSA) is 52.7 Å². The van der Waals surface area contributed by atoms with Gasteiger partial charge in [-0.25, -0.2) is 9.29 Å². The summed E-state index contributed by atoms with van der Waals surface area (Å²) in [6.45, 7) is 6.61. The number of halogens is 1. The van der Waals surface area contributed by atoms with Crippen LogP contribution in [0.2, 0.25) is 0 Å². The van der Waals surface area contributed by atoms with Crippen molar-refractivity contribution in [3.63, 3.8) is 0 Å². The minimum Gasteiger partial charge on any atom is -0.369 e. The van der Waals surface area contributed by atoms with Gasteiger partial charge in [0, 0.05) is 18.3 Å². The second-order valence-corrected chi connectivity index (χ2v) is 9.09. The smallest absolute Gasteiger partial charge is 0.270 e. The van der Waals surface area contributed by atoms with Gasteiger partial charge in [0.05, 0.1) is 5.69 Å². The summed E-state index contributed by atoms with van der Waals surface area (Å²) in [5.74, 6) is -1.51. The predicted molar refractivity (Wildman–Crippen MR) is 125 cm³/mol. The number of hydrogen-bond acceptors (Lipinski definition) is 4. The zero-order valence-corrected chi connectivity index (χ0v) is 18.7. The molecule has 2 aliphatic heterocycles. The van der Waals surface area contributed by atoms with Gasteiger partial charge < -0.3 is 4.90 Å². The Labute approximate surface area is 186 Å². The van der Waals surface area contributed by atoms with Gasteiger partial charge in [-0.3, -0.25) is 14.9 Å². The zero-order valence-electron chi connectivity index (χ0n) is 17.9. The molecule has 0 radical (unpaired) electrons. The molecule has 0 bridgehead atoms. The molecule has 1 saturated heterocycles. The van der Waals surface area contributed by atoms with Gasteiger partial charge in [-0.15, -0.1) is 0 Å². The third kappa shape index (κ3) is 3.63. The fourth-order valence-electron chi connectivity index (χ4n) is 4.36. The second kappa shape index (κ2) is 7.57. The van der Waals surface area contributed by atoms with E-state index in [1.807, 2.05) is 18.2 Å². The molecule has 4 rings (SSSR count). The highest BCUT2D eigenvalue weighted by Gasteiger charge is 2.36. The molecule has 31 heavy (non-hydrogen) atoms. The van der Waals surface area contributed by atoms with Gasteiger partial charge >= 0.3 is 0 Å². The zero-order chi connectivity index (χ0) is 22.5. The maximum atomic E-state index is 14.3. The molecule has 0 unspecified atom stereocenters. The Kier molecular flexibility index (Phi) is 5.17. The number of nitrogens with zero attached hydrogens (tertiary/aromatic N) is 2. The van der Waals surface area contributed by atoms with Gasteiger partial charge in [0.1, 0.15) is 11.4 Å². The quantitative estimate of drug-likeness (QED) is 0.430. The van der Waals surface area contributed by atoms with E-state index in [1.165, 1.54) is 23.8 Å². The summed E-state index contributed by atoms with van der Waals surface area (Å²) in [5.41, 5.74) is 3.00. The average Bonchev–Trinajstić information content (AvgIpc) is 2.70. The van der Waals surface area contributed by atoms with Crippen LogP contribution in [0.25, 0.3) is 6.08 Å². The summed E-state index contributed by atoms with van der Waals surface area (Å²) in [7, 11) is 2.08. The highest BCUT2D eigenvalue weighted by atomic mass is 32.1. The maximum absolute atomic E-state index is 14.3. The number of para-hydroxylation sites is 1. The molecule has 1 N–H and O–H groups in total. The number of benzene rings is 2. The molecule has 1 fully saturated rings. The van der Waals surface area contributed by atoms with E-state index < -0.39 is 17.6 Å². The van der Waals surface area contributed by atoms with Crippen molar-refractivity contribution in [2.75, 3.05) is 16.8 Å². The molecular weight excluding hydrogens is 413 g/mol. The molecule has 0 aliphatic carbocycles. The van der Waals surface area contributed by atoms with E-state index in [9.17, 15) is 14.0 Å². The van der Waals surface area contributed by atoms with E-state index in [1.54, 1.807) is 12.1 Å². The van der Waals surface area contributed by atoms with Gasteiger partial charge in [-0.1, -0.05) is 25.1 Å². The largest absolute Gasteiger partial charge is 0.369 e. The average molecular weight is 438 g/mol. The lowest BCUT2D eigenvalue weighted by atomic mass is 9.80. The summed E-state index contributed by atoms with van der Waals surface area (Å²) in [5, 5.41) is 2.36. The van der Waals surface area contributed by atoms with E-state index in [0.29, 0.717) is 5.92 Å². The van der Waals surface area contributed by atoms with Crippen LogP contribution in [0.3, 0.4) is 0 Å². The number of fused-ring (bicyclic) bond motifs is 1. The summed E-state index contributed by atoms with van der Waals surface area (Å²) in [4.78, 5) is 29.0. The van der Waals surface area contributed by atoms with Crippen molar-refractivity contribution in [3.8, 4) is 0 Å². The Bertz CT molecular complexity index is 1140. The van der Waals surface area contributed by atoms with Crippen molar-refractivity contribution in [2.45, 2.75) is 38.6 Å². The third-order valence-electron chi connectivity index (χ3n) is 6.16. The first-order chi connectivity index (χ1) is 14.6. The van der Waals surface area contributed by atoms with Gasteiger partial charge in [-0.05, 0) is 79.9 Å². The standard InChI is InChI=1S/C24H24FN3O2S/c1-14-13-24(2,3)27(4)19-10-9-15(11-16(14)19)12-17-21(29)26-23(31)28(22(17)30)20-8-6-5-7-18(20)25/h5-12,14H,13H2,1-4H3,(H,26,29,31)/b17-12+/t14-/m0/s1. The van der Waals surface area contributed by atoms with Crippen LogP contribution in [0.4, 0.5) is 15.8 Å². The van der Waals surface area contributed by atoms with E-state index in [0.717, 1.165) is 22.6 Å². The van der Waals surface area contributed by atoms with Crippen molar-refractivity contribution in [1.29, 1.82) is 0 Å². The number of amides is 2. The predicted octanol–water partition coefficient (Wildman–Crippen LogP) is 4.38. The van der Waals surface area contributed by atoms with E-state index >= 15 is 0 Å². The molecule has 2 amide bonds. The Balaban J connectivity index is 1.74. The molecule has 0 spiro atoms.